The van der Waals surface area contributed by atoms with Crippen molar-refractivity contribution < 1.29 is 22.7 Å². The molecular formula is C23H16INO5S. The summed E-state index contributed by atoms with van der Waals surface area (Å²) in [5, 5.41) is 0. The maximum atomic E-state index is 13.3. The largest absolute Gasteiger partial charge is 0.420 e. The first-order valence-electron chi connectivity index (χ1n) is 9.21. The Balaban J connectivity index is 1.94. The molecule has 156 valence electrons. The molecular weight excluding hydrogens is 529 g/mol. The van der Waals surface area contributed by atoms with E-state index in [1.165, 1.54) is 19.2 Å². The minimum Gasteiger partial charge on any atom is -0.420 e. The summed E-state index contributed by atoms with van der Waals surface area (Å²) in [6.45, 7) is 0. The SMILES string of the molecule is CN1C(C(=O)c2ccccc2)=C(OC(=O)c2ccccc2I)c2ccccc2S1(=O)=O. The van der Waals surface area contributed by atoms with Crippen LogP contribution in [0.4, 0.5) is 0 Å². The Morgan fingerprint density at radius 2 is 1.48 bits per heavy atom. The van der Waals surface area contributed by atoms with Crippen LogP contribution >= 0.6 is 22.6 Å². The average Bonchev–Trinajstić information content (AvgIpc) is 2.78. The normalized spacial score (nSPS) is 14.7. The summed E-state index contributed by atoms with van der Waals surface area (Å²) in [5.74, 6) is -1.33. The van der Waals surface area contributed by atoms with Crippen LogP contribution in [0.1, 0.15) is 26.3 Å². The first-order valence-corrected chi connectivity index (χ1v) is 11.7. The average molecular weight is 545 g/mol. The molecule has 0 spiro atoms. The van der Waals surface area contributed by atoms with Gasteiger partial charge in [0.1, 0.15) is 5.70 Å². The fourth-order valence-electron chi connectivity index (χ4n) is 3.27. The van der Waals surface area contributed by atoms with E-state index in [-0.39, 0.29) is 27.5 Å². The number of carbonyl (C=O) groups excluding carboxylic acids is 2. The van der Waals surface area contributed by atoms with Gasteiger partial charge in [0.2, 0.25) is 5.78 Å². The zero-order chi connectivity index (χ0) is 22.2. The van der Waals surface area contributed by atoms with E-state index in [0.717, 1.165) is 4.31 Å². The quantitative estimate of drug-likeness (QED) is 0.277. The summed E-state index contributed by atoms with van der Waals surface area (Å²) in [4.78, 5) is 26.3. The molecule has 1 aliphatic heterocycles. The van der Waals surface area contributed by atoms with E-state index >= 15 is 0 Å². The first kappa shape index (κ1) is 21.3. The van der Waals surface area contributed by atoms with Gasteiger partial charge in [0, 0.05) is 21.7 Å². The summed E-state index contributed by atoms with van der Waals surface area (Å²) in [7, 11) is -2.72. The van der Waals surface area contributed by atoms with Gasteiger partial charge in [0.25, 0.3) is 10.0 Å². The number of allylic oxidation sites excluding steroid dienone is 1. The summed E-state index contributed by atoms with van der Waals surface area (Å²) >= 11 is 2.02. The van der Waals surface area contributed by atoms with E-state index in [0.29, 0.717) is 9.13 Å². The lowest BCUT2D eigenvalue weighted by Gasteiger charge is -2.30. The van der Waals surface area contributed by atoms with E-state index in [9.17, 15) is 18.0 Å². The van der Waals surface area contributed by atoms with Crippen LogP contribution in [0.15, 0.2) is 89.5 Å². The fraction of sp³-hybridized carbons (Fsp3) is 0.0435. The molecule has 0 saturated heterocycles. The third kappa shape index (κ3) is 3.77. The number of ether oxygens (including phenoxy) is 1. The molecule has 0 atom stereocenters. The van der Waals surface area contributed by atoms with Crippen molar-refractivity contribution in [2.75, 3.05) is 7.05 Å². The van der Waals surface area contributed by atoms with Crippen molar-refractivity contribution in [3.63, 3.8) is 0 Å². The maximum Gasteiger partial charge on any atom is 0.344 e. The van der Waals surface area contributed by atoms with E-state index in [2.05, 4.69) is 0 Å². The molecule has 8 heteroatoms. The Morgan fingerprint density at radius 3 is 2.19 bits per heavy atom. The molecule has 6 nitrogen and oxygen atoms in total. The Bertz CT molecular complexity index is 1330. The number of ketones is 1. The molecule has 0 fully saturated rings. The van der Waals surface area contributed by atoms with E-state index in [4.69, 9.17) is 4.74 Å². The molecule has 4 rings (SSSR count). The Hall–Kier alpha value is -2.98. The van der Waals surface area contributed by atoms with Crippen LogP contribution in [-0.4, -0.2) is 31.5 Å². The Kier molecular flexibility index (Phi) is 5.67. The highest BCUT2D eigenvalue weighted by molar-refractivity contribution is 14.1. The molecule has 3 aromatic rings. The van der Waals surface area contributed by atoms with Gasteiger partial charge in [-0.3, -0.25) is 9.10 Å². The van der Waals surface area contributed by atoms with Gasteiger partial charge in [0.05, 0.1) is 10.5 Å². The second-order valence-electron chi connectivity index (χ2n) is 6.71. The Labute approximate surface area is 193 Å². The topological polar surface area (TPSA) is 80.8 Å². The third-order valence-corrected chi connectivity index (χ3v) is 7.60. The number of halogens is 1. The number of nitrogens with zero attached hydrogens (tertiary/aromatic N) is 1. The predicted octanol–water partition coefficient (Wildman–Crippen LogP) is 4.33. The molecule has 1 heterocycles. The molecule has 0 N–H and O–H groups in total. The summed E-state index contributed by atoms with van der Waals surface area (Å²) in [6.07, 6.45) is 0. The van der Waals surface area contributed by atoms with Crippen molar-refractivity contribution in [1.29, 1.82) is 0 Å². The van der Waals surface area contributed by atoms with Gasteiger partial charge in [-0.25, -0.2) is 13.2 Å². The second-order valence-corrected chi connectivity index (χ2v) is 9.81. The number of Topliss-reactive ketones (excluding diaryl/α,β-unsaturated/α-hetero) is 1. The van der Waals surface area contributed by atoms with Gasteiger partial charge in [-0.05, 0) is 46.9 Å². The lowest BCUT2D eigenvalue weighted by molar-refractivity contribution is 0.0685. The van der Waals surface area contributed by atoms with E-state index in [1.807, 2.05) is 22.6 Å². The predicted molar refractivity (Wildman–Crippen MR) is 124 cm³/mol. The van der Waals surface area contributed by atoms with Crippen molar-refractivity contribution in [1.82, 2.24) is 4.31 Å². The van der Waals surface area contributed by atoms with Gasteiger partial charge >= 0.3 is 5.97 Å². The van der Waals surface area contributed by atoms with Gasteiger partial charge < -0.3 is 4.74 Å². The van der Waals surface area contributed by atoms with Crippen LogP contribution in [0.2, 0.25) is 0 Å². The number of rotatable bonds is 4. The van der Waals surface area contributed by atoms with Crippen LogP contribution in [0, 0.1) is 3.57 Å². The minimum absolute atomic E-state index is 0.0346. The highest BCUT2D eigenvalue weighted by Crippen LogP contribution is 2.38. The maximum absolute atomic E-state index is 13.3. The van der Waals surface area contributed by atoms with Crippen molar-refractivity contribution in [2.24, 2.45) is 0 Å². The lowest BCUT2D eigenvalue weighted by atomic mass is 10.0. The number of sulfonamides is 1. The van der Waals surface area contributed by atoms with E-state index < -0.39 is 21.8 Å². The van der Waals surface area contributed by atoms with Crippen molar-refractivity contribution >= 4 is 50.1 Å². The first-order chi connectivity index (χ1) is 14.8. The summed E-state index contributed by atoms with van der Waals surface area (Å²) in [6, 6.07) is 21.3. The second kappa shape index (κ2) is 8.27. The molecule has 31 heavy (non-hydrogen) atoms. The number of esters is 1. The van der Waals surface area contributed by atoms with E-state index in [1.54, 1.807) is 66.7 Å². The number of carbonyl (C=O) groups is 2. The molecule has 0 bridgehead atoms. The molecule has 0 radical (unpaired) electrons. The van der Waals surface area contributed by atoms with Crippen molar-refractivity contribution in [3.05, 3.63) is 105 Å². The number of hydrogen-bond acceptors (Lipinski definition) is 5. The monoisotopic (exact) mass is 545 g/mol. The summed E-state index contributed by atoms with van der Waals surface area (Å²) in [5.41, 5.74) is 0.542. The molecule has 0 aliphatic carbocycles. The van der Waals surface area contributed by atoms with Crippen molar-refractivity contribution in [3.8, 4) is 0 Å². The number of benzene rings is 3. The summed E-state index contributed by atoms with van der Waals surface area (Å²) < 4.78 is 33.5. The number of hydrogen-bond donors (Lipinski definition) is 0. The van der Waals surface area contributed by atoms with Gasteiger partial charge in [-0.15, -0.1) is 0 Å². The number of likely N-dealkylation sites (N-methyl/N-ethyl adjacent to an activating group) is 1. The highest BCUT2D eigenvalue weighted by atomic mass is 127. The molecule has 0 unspecified atom stereocenters. The number of fused-ring (bicyclic) bond motifs is 1. The molecule has 0 amide bonds. The molecule has 0 saturated carbocycles. The highest BCUT2D eigenvalue weighted by Gasteiger charge is 2.39. The van der Waals surface area contributed by atoms with Gasteiger partial charge in [0.15, 0.2) is 5.76 Å². The Morgan fingerprint density at radius 1 is 0.871 bits per heavy atom. The van der Waals surface area contributed by atoms with Crippen LogP contribution in [0.3, 0.4) is 0 Å². The zero-order valence-electron chi connectivity index (χ0n) is 16.3. The zero-order valence-corrected chi connectivity index (χ0v) is 19.3. The van der Waals surface area contributed by atoms with Crippen LogP contribution in [-0.2, 0) is 14.8 Å². The van der Waals surface area contributed by atoms with Crippen molar-refractivity contribution in [2.45, 2.75) is 4.90 Å². The standard InChI is InChI=1S/C23H16INO5S/c1-25-20(21(26)15-9-3-2-4-10-15)22(17-12-6-8-14-19(17)31(25,28)29)30-23(27)16-11-5-7-13-18(16)24/h2-14H,1H3. The van der Waals surface area contributed by atoms with Crippen LogP contribution in [0.5, 0.6) is 0 Å². The van der Waals surface area contributed by atoms with Gasteiger partial charge in [-0.1, -0.05) is 54.6 Å². The third-order valence-electron chi connectivity index (χ3n) is 4.84. The molecule has 0 aromatic heterocycles. The minimum atomic E-state index is -4.00. The molecule has 1 aliphatic rings. The van der Waals surface area contributed by atoms with Crippen LogP contribution in [0.25, 0.3) is 5.76 Å². The van der Waals surface area contributed by atoms with Gasteiger partial charge in [-0.2, -0.15) is 0 Å². The lowest BCUT2D eigenvalue weighted by Crippen LogP contribution is -2.36. The molecule has 3 aromatic carbocycles. The fourth-order valence-corrected chi connectivity index (χ4v) is 5.27. The smallest absolute Gasteiger partial charge is 0.344 e. The van der Waals surface area contributed by atoms with Crippen LogP contribution < -0.4 is 0 Å².